The van der Waals surface area contributed by atoms with E-state index in [2.05, 4.69) is 16.6 Å². The fraction of sp³-hybridized carbons (Fsp3) is 0.333. The van der Waals surface area contributed by atoms with E-state index in [1.54, 1.807) is 44.2 Å². The lowest BCUT2D eigenvalue weighted by atomic mass is 9.92. The largest absolute Gasteiger partial charge is 0.479 e. The normalized spacial score (nSPS) is 13.7. The summed E-state index contributed by atoms with van der Waals surface area (Å²) in [5.74, 6) is 1.25. The summed E-state index contributed by atoms with van der Waals surface area (Å²) in [5.41, 5.74) is -1.92. The molecular weight excluding hydrogens is 256 g/mol. The van der Waals surface area contributed by atoms with E-state index < -0.39 is 23.1 Å². The zero-order valence-electron chi connectivity index (χ0n) is 11.7. The van der Waals surface area contributed by atoms with Crippen LogP contribution < -0.4 is 10.6 Å². The van der Waals surface area contributed by atoms with Gasteiger partial charge in [0.15, 0.2) is 5.54 Å². The second-order valence-electron chi connectivity index (χ2n) is 5.14. The van der Waals surface area contributed by atoms with Crippen molar-refractivity contribution in [2.75, 3.05) is 0 Å². The Labute approximate surface area is 118 Å². The Morgan fingerprint density at radius 2 is 1.70 bits per heavy atom. The molecule has 0 aromatic heterocycles. The van der Waals surface area contributed by atoms with E-state index in [-0.39, 0.29) is 0 Å². The number of carboxylic acid groups (broad SMARTS) is 1. The second-order valence-corrected chi connectivity index (χ2v) is 5.14. The third kappa shape index (κ3) is 3.51. The molecule has 3 N–H and O–H groups in total. The van der Waals surface area contributed by atoms with Gasteiger partial charge < -0.3 is 15.7 Å². The number of amides is 2. The van der Waals surface area contributed by atoms with Crippen LogP contribution in [-0.2, 0) is 10.3 Å². The molecule has 1 unspecified atom stereocenters. The van der Waals surface area contributed by atoms with Crippen molar-refractivity contribution in [1.29, 1.82) is 0 Å². The van der Waals surface area contributed by atoms with Crippen molar-refractivity contribution in [3.05, 3.63) is 35.9 Å². The van der Waals surface area contributed by atoms with Crippen LogP contribution in [0.1, 0.15) is 26.3 Å². The third-order valence-electron chi connectivity index (χ3n) is 2.93. The van der Waals surface area contributed by atoms with E-state index in [0.29, 0.717) is 5.56 Å². The summed E-state index contributed by atoms with van der Waals surface area (Å²) >= 11 is 0. The first kappa shape index (κ1) is 15.6. The van der Waals surface area contributed by atoms with Crippen LogP contribution in [0.4, 0.5) is 4.79 Å². The van der Waals surface area contributed by atoms with Gasteiger partial charge in [0.1, 0.15) is 0 Å². The van der Waals surface area contributed by atoms with Crippen molar-refractivity contribution in [2.24, 2.45) is 0 Å². The van der Waals surface area contributed by atoms with Crippen LogP contribution in [-0.4, -0.2) is 22.6 Å². The monoisotopic (exact) mass is 274 g/mol. The highest BCUT2D eigenvalue weighted by molar-refractivity contribution is 5.87. The average molecular weight is 274 g/mol. The maximum atomic E-state index is 11.9. The predicted molar refractivity (Wildman–Crippen MR) is 76.0 cm³/mol. The topological polar surface area (TPSA) is 78.4 Å². The Hall–Kier alpha value is -2.48. The van der Waals surface area contributed by atoms with Gasteiger partial charge >= 0.3 is 12.0 Å². The van der Waals surface area contributed by atoms with Gasteiger partial charge in [0.2, 0.25) is 0 Å². The van der Waals surface area contributed by atoms with Crippen LogP contribution in [0.25, 0.3) is 0 Å². The molecule has 0 aliphatic rings. The molecule has 0 bridgehead atoms. The summed E-state index contributed by atoms with van der Waals surface area (Å²) in [6, 6.07) is 7.83. The highest BCUT2D eigenvalue weighted by Gasteiger charge is 2.37. The molecule has 0 spiro atoms. The van der Waals surface area contributed by atoms with Gasteiger partial charge in [0.25, 0.3) is 0 Å². The number of carboxylic acids is 1. The van der Waals surface area contributed by atoms with Crippen molar-refractivity contribution in [3.63, 3.8) is 0 Å². The fourth-order valence-electron chi connectivity index (χ4n) is 1.60. The van der Waals surface area contributed by atoms with Crippen molar-refractivity contribution in [1.82, 2.24) is 10.6 Å². The van der Waals surface area contributed by atoms with Crippen LogP contribution in [0.3, 0.4) is 0 Å². The highest BCUT2D eigenvalue weighted by Crippen LogP contribution is 2.20. The van der Waals surface area contributed by atoms with E-state index in [1.807, 2.05) is 0 Å². The minimum absolute atomic E-state index is 0.473. The van der Waals surface area contributed by atoms with E-state index >= 15 is 0 Å². The summed E-state index contributed by atoms with van der Waals surface area (Å²) in [4.78, 5) is 23.4. The molecule has 1 aromatic carbocycles. The third-order valence-corrected chi connectivity index (χ3v) is 2.93. The number of hydrogen-bond donors (Lipinski definition) is 3. The molecule has 5 heteroatoms. The summed E-state index contributed by atoms with van der Waals surface area (Å²) in [6.45, 7) is 4.72. The van der Waals surface area contributed by atoms with Crippen molar-refractivity contribution >= 4 is 12.0 Å². The van der Waals surface area contributed by atoms with E-state index in [0.717, 1.165) is 0 Å². The molecule has 106 valence electrons. The van der Waals surface area contributed by atoms with Crippen LogP contribution in [0, 0.1) is 12.3 Å². The number of carbonyl (C=O) groups is 2. The summed E-state index contributed by atoms with van der Waals surface area (Å²) in [7, 11) is 0. The zero-order chi connectivity index (χ0) is 15.4. The lowest BCUT2D eigenvalue weighted by molar-refractivity contribution is -0.144. The van der Waals surface area contributed by atoms with Gasteiger partial charge in [-0.05, 0) is 26.3 Å². The molecule has 5 nitrogen and oxygen atoms in total. The molecule has 20 heavy (non-hydrogen) atoms. The average Bonchev–Trinajstić information content (AvgIpc) is 2.38. The number of urea groups is 1. The lowest BCUT2D eigenvalue weighted by Gasteiger charge is -2.29. The zero-order valence-corrected chi connectivity index (χ0v) is 11.7. The molecule has 0 saturated heterocycles. The van der Waals surface area contributed by atoms with Gasteiger partial charge in [-0.15, -0.1) is 6.42 Å². The van der Waals surface area contributed by atoms with Crippen molar-refractivity contribution < 1.29 is 14.7 Å². The molecule has 1 aromatic rings. The molecule has 0 aliphatic heterocycles. The van der Waals surface area contributed by atoms with E-state index in [9.17, 15) is 14.7 Å². The molecule has 0 fully saturated rings. The van der Waals surface area contributed by atoms with Gasteiger partial charge in [-0.2, -0.15) is 0 Å². The van der Waals surface area contributed by atoms with E-state index in [4.69, 9.17) is 6.42 Å². The van der Waals surface area contributed by atoms with Crippen LogP contribution in [0.2, 0.25) is 0 Å². The smallest absolute Gasteiger partial charge is 0.333 e. The molecule has 2 amide bonds. The quantitative estimate of drug-likeness (QED) is 0.731. The molecule has 1 atom stereocenters. The summed E-state index contributed by atoms with van der Waals surface area (Å²) in [5, 5.41) is 14.4. The van der Waals surface area contributed by atoms with Crippen LogP contribution in [0.15, 0.2) is 30.3 Å². The summed E-state index contributed by atoms with van der Waals surface area (Å²) in [6.07, 6.45) is 5.28. The maximum Gasteiger partial charge on any atom is 0.333 e. The lowest BCUT2D eigenvalue weighted by Crippen LogP contribution is -2.56. The first-order valence-corrected chi connectivity index (χ1v) is 6.08. The van der Waals surface area contributed by atoms with Gasteiger partial charge in [-0.3, -0.25) is 0 Å². The number of nitrogens with one attached hydrogen (secondary N) is 2. The first-order chi connectivity index (χ1) is 9.21. The van der Waals surface area contributed by atoms with Crippen LogP contribution >= 0.6 is 0 Å². The fourth-order valence-corrected chi connectivity index (χ4v) is 1.60. The van der Waals surface area contributed by atoms with Crippen LogP contribution in [0.5, 0.6) is 0 Å². The molecule has 0 heterocycles. The Bertz CT molecular complexity index is 546. The standard InChI is InChI=1S/C15H18N2O3/c1-5-14(2,3)16-13(20)17-15(4,12(18)19)11-9-7-6-8-10-11/h1,6-10H,2-4H3,(H,18,19)(H2,16,17,20). The number of carbonyl (C=O) groups excluding carboxylic acids is 1. The number of benzene rings is 1. The Morgan fingerprint density at radius 1 is 1.15 bits per heavy atom. The number of rotatable bonds is 4. The molecule has 1 rings (SSSR count). The summed E-state index contributed by atoms with van der Waals surface area (Å²) < 4.78 is 0. The van der Waals surface area contributed by atoms with Gasteiger partial charge in [0.05, 0.1) is 5.54 Å². The van der Waals surface area contributed by atoms with Crippen molar-refractivity contribution in [3.8, 4) is 12.3 Å². The first-order valence-electron chi connectivity index (χ1n) is 6.08. The molecular formula is C15H18N2O3. The van der Waals surface area contributed by atoms with Gasteiger partial charge in [-0.25, -0.2) is 9.59 Å². The van der Waals surface area contributed by atoms with E-state index in [1.165, 1.54) is 6.92 Å². The number of terminal acetylenes is 1. The number of hydrogen-bond acceptors (Lipinski definition) is 2. The predicted octanol–water partition coefficient (Wildman–Crippen LogP) is 1.70. The highest BCUT2D eigenvalue weighted by atomic mass is 16.4. The minimum atomic E-state index is -1.53. The van der Waals surface area contributed by atoms with Gasteiger partial charge in [0, 0.05) is 0 Å². The molecule has 0 aliphatic carbocycles. The minimum Gasteiger partial charge on any atom is -0.479 e. The Balaban J connectivity index is 2.98. The SMILES string of the molecule is C#CC(C)(C)NC(=O)NC(C)(C(=O)O)c1ccccc1. The Kier molecular flexibility index (Phi) is 4.41. The molecule has 0 saturated carbocycles. The molecule has 0 radical (unpaired) electrons. The second kappa shape index (κ2) is 5.66. The number of aliphatic carboxylic acids is 1. The van der Waals surface area contributed by atoms with Gasteiger partial charge in [-0.1, -0.05) is 36.3 Å². The van der Waals surface area contributed by atoms with Crippen molar-refractivity contribution in [2.45, 2.75) is 31.8 Å². The maximum absolute atomic E-state index is 11.9. The Morgan fingerprint density at radius 3 is 2.15 bits per heavy atom.